The van der Waals surface area contributed by atoms with Crippen molar-refractivity contribution < 1.29 is 18.8 Å². The number of non-ortho nitro benzene ring substituents is 1. The molecule has 1 aliphatic rings. The number of hydrogen-bond donors (Lipinski definition) is 0. The number of nitro groups is 1. The van der Waals surface area contributed by atoms with Crippen molar-refractivity contribution in [1.29, 1.82) is 0 Å². The molecule has 2 aromatic rings. The molecule has 1 aliphatic carbocycles. The minimum absolute atomic E-state index is 0.0747. The fraction of sp³-hybridized carbons (Fsp3) is 0.316. The zero-order valence-electron chi connectivity index (χ0n) is 13.9. The van der Waals surface area contributed by atoms with Crippen LogP contribution in [-0.4, -0.2) is 16.5 Å². The monoisotopic (exact) mass is 343 g/mol. The molecule has 0 aliphatic heterocycles. The highest BCUT2D eigenvalue weighted by Gasteiger charge is 2.50. The molecular formula is C19H18FNO4. The SMILES string of the molecule is CC(C)(OC(=O)c1ccc([N+](=O)[O-])cc1)[C@H]1C[C@@H]1c1ccc(F)cc1. The van der Waals surface area contributed by atoms with Crippen molar-refractivity contribution in [3.63, 3.8) is 0 Å². The van der Waals surface area contributed by atoms with Crippen LogP contribution in [0.1, 0.15) is 42.1 Å². The Balaban J connectivity index is 1.66. The second kappa shape index (κ2) is 6.27. The van der Waals surface area contributed by atoms with Gasteiger partial charge in [-0.25, -0.2) is 9.18 Å². The van der Waals surface area contributed by atoms with Crippen molar-refractivity contribution in [1.82, 2.24) is 0 Å². The molecule has 130 valence electrons. The number of benzene rings is 2. The van der Waals surface area contributed by atoms with Gasteiger partial charge in [-0.05, 0) is 56.0 Å². The second-order valence-corrected chi connectivity index (χ2v) is 6.80. The number of nitrogens with zero attached hydrogens (tertiary/aromatic N) is 1. The van der Waals surface area contributed by atoms with Gasteiger partial charge in [0.25, 0.3) is 5.69 Å². The minimum atomic E-state index is -0.683. The zero-order valence-corrected chi connectivity index (χ0v) is 13.9. The highest BCUT2D eigenvalue weighted by atomic mass is 19.1. The molecule has 2 atom stereocenters. The summed E-state index contributed by atoms with van der Waals surface area (Å²) in [5.74, 6) is -0.394. The molecule has 1 saturated carbocycles. The van der Waals surface area contributed by atoms with Crippen LogP contribution in [0.15, 0.2) is 48.5 Å². The van der Waals surface area contributed by atoms with Gasteiger partial charge in [0.05, 0.1) is 10.5 Å². The molecule has 0 radical (unpaired) electrons. The van der Waals surface area contributed by atoms with Crippen LogP contribution >= 0.6 is 0 Å². The number of ether oxygens (including phenoxy) is 1. The maximum atomic E-state index is 13.0. The Morgan fingerprint density at radius 1 is 1.16 bits per heavy atom. The highest BCUT2D eigenvalue weighted by Crippen LogP contribution is 2.54. The molecule has 25 heavy (non-hydrogen) atoms. The molecule has 0 saturated heterocycles. The fourth-order valence-corrected chi connectivity index (χ4v) is 3.13. The third-order valence-corrected chi connectivity index (χ3v) is 4.65. The molecule has 3 rings (SSSR count). The van der Waals surface area contributed by atoms with Gasteiger partial charge >= 0.3 is 5.97 Å². The molecule has 5 nitrogen and oxygen atoms in total. The zero-order chi connectivity index (χ0) is 18.2. The number of carbonyl (C=O) groups excluding carboxylic acids is 1. The van der Waals surface area contributed by atoms with E-state index in [1.165, 1.54) is 36.4 Å². The van der Waals surface area contributed by atoms with Crippen molar-refractivity contribution in [2.45, 2.75) is 31.8 Å². The first-order valence-electron chi connectivity index (χ1n) is 8.01. The standard InChI is InChI=1S/C19H18FNO4/c1-19(2,17-11-16(17)12-3-7-14(20)8-4-12)25-18(22)13-5-9-15(10-6-13)21(23)24/h3-10,16-17H,11H2,1-2H3/t16-,17+/m1/s1. The van der Waals surface area contributed by atoms with E-state index in [1.807, 2.05) is 13.8 Å². The normalized spacial score (nSPS) is 19.3. The Morgan fingerprint density at radius 2 is 1.76 bits per heavy atom. The van der Waals surface area contributed by atoms with Gasteiger partial charge in [-0.2, -0.15) is 0 Å². The number of carbonyl (C=O) groups is 1. The molecule has 0 bridgehead atoms. The van der Waals surface area contributed by atoms with Gasteiger partial charge in [0.1, 0.15) is 11.4 Å². The molecule has 2 aromatic carbocycles. The summed E-state index contributed by atoms with van der Waals surface area (Å²) in [4.78, 5) is 22.5. The summed E-state index contributed by atoms with van der Waals surface area (Å²) in [7, 11) is 0. The third kappa shape index (κ3) is 3.68. The van der Waals surface area contributed by atoms with E-state index in [0.717, 1.165) is 12.0 Å². The summed E-state index contributed by atoms with van der Waals surface area (Å²) in [6.07, 6.45) is 0.867. The average molecular weight is 343 g/mol. The van der Waals surface area contributed by atoms with Gasteiger partial charge in [-0.3, -0.25) is 10.1 Å². The van der Waals surface area contributed by atoms with Crippen LogP contribution in [0.3, 0.4) is 0 Å². The van der Waals surface area contributed by atoms with E-state index < -0.39 is 16.5 Å². The average Bonchev–Trinajstić information content (AvgIpc) is 3.37. The number of nitro benzene ring substituents is 1. The Hall–Kier alpha value is -2.76. The van der Waals surface area contributed by atoms with Crippen molar-refractivity contribution in [2.24, 2.45) is 5.92 Å². The predicted molar refractivity (Wildman–Crippen MR) is 89.8 cm³/mol. The molecular weight excluding hydrogens is 325 g/mol. The summed E-state index contributed by atoms with van der Waals surface area (Å²) in [5, 5.41) is 10.7. The van der Waals surface area contributed by atoms with E-state index in [9.17, 15) is 19.3 Å². The Morgan fingerprint density at radius 3 is 2.32 bits per heavy atom. The van der Waals surface area contributed by atoms with E-state index in [0.29, 0.717) is 0 Å². The maximum absolute atomic E-state index is 13.0. The molecule has 1 fully saturated rings. The van der Waals surface area contributed by atoms with Gasteiger partial charge < -0.3 is 4.74 Å². The van der Waals surface area contributed by atoms with Crippen molar-refractivity contribution in [3.8, 4) is 0 Å². The lowest BCUT2D eigenvalue weighted by molar-refractivity contribution is -0.384. The van der Waals surface area contributed by atoms with Gasteiger partial charge in [-0.15, -0.1) is 0 Å². The van der Waals surface area contributed by atoms with Crippen molar-refractivity contribution in [2.75, 3.05) is 0 Å². The third-order valence-electron chi connectivity index (χ3n) is 4.65. The fourth-order valence-electron chi connectivity index (χ4n) is 3.13. The Labute approximate surface area is 144 Å². The molecule has 0 amide bonds. The summed E-state index contributed by atoms with van der Waals surface area (Å²) in [6.45, 7) is 3.70. The van der Waals surface area contributed by atoms with E-state index in [-0.39, 0.29) is 28.9 Å². The predicted octanol–water partition coefficient (Wildman–Crippen LogP) is 4.47. The topological polar surface area (TPSA) is 69.4 Å². The van der Waals surface area contributed by atoms with E-state index in [1.54, 1.807) is 12.1 Å². The molecule has 0 spiro atoms. The maximum Gasteiger partial charge on any atom is 0.338 e. The summed E-state index contributed by atoms with van der Waals surface area (Å²) in [5.41, 5.74) is 0.552. The van der Waals surface area contributed by atoms with E-state index in [2.05, 4.69) is 0 Å². The molecule has 6 heteroatoms. The lowest BCUT2D eigenvalue weighted by Crippen LogP contribution is -2.31. The molecule has 0 N–H and O–H groups in total. The minimum Gasteiger partial charge on any atom is -0.456 e. The summed E-state index contributed by atoms with van der Waals surface area (Å²) >= 11 is 0. The van der Waals surface area contributed by atoms with Gasteiger partial charge in [-0.1, -0.05) is 12.1 Å². The lowest BCUT2D eigenvalue weighted by atomic mass is 9.98. The van der Waals surface area contributed by atoms with Crippen LogP contribution < -0.4 is 0 Å². The highest BCUT2D eigenvalue weighted by molar-refractivity contribution is 5.90. The molecule has 0 unspecified atom stereocenters. The van der Waals surface area contributed by atoms with Gasteiger partial charge in [0.2, 0.25) is 0 Å². The number of rotatable bonds is 5. The number of hydrogen-bond acceptors (Lipinski definition) is 4. The van der Waals surface area contributed by atoms with Crippen molar-refractivity contribution >= 4 is 11.7 Å². The van der Waals surface area contributed by atoms with Crippen LogP contribution in [0.25, 0.3) is 0 Å². The van der Waals surface area contributed by atoms with Crippen LogP contribution in [0.2, 0.25) is 0 Å². The van der Waals surface area contributed by atoms with Crippen LogP contribution in [0.5, 0.6) is 0 Å². The lowest BCUT2D eigenvalue weighted by Gasteiger charge is -2.26. The summed E-state index contributed by atoms with van der Waals surface area (Å²) in [6, 6.07) is 11.7. The largest absolute Gasteiger partial charge is 0.456 e. The number of halogens is 1. The van der Waals surface area contributed by atoms with E-state index >= 15 is 0 Å². The summed E-state index contributed by atoms with van der Waals surface area (Å²) < 4.78 is 18.7. The van der Waals surface area contributed by atoms with Gasteiger partial charge in [0, 0.05) is 18.1 Å². The molecule has 0 heterocycles. The molecule has 0 aromatic heterocycles. The van der Waals surface area contributed by atoms with Crippen molar-refractivity contribution in [3.05, 3.63) is 75.6 Å². The first kappa shape index (κ1) is 17.1. The smallest absolute Gasteiger partial charge is 0.338 e. The van der Waals surface area contributed by atoms with Crippen LogP contribution in [0, 0.1) is 21.8 Å². The Kier molecular flexibility index (Phi) is 4.29. The Bertz CT molecular complexity index is 799. The quantitative estimate of drug-likeness (QED) is 0.456. The van der Waals surface area contributed by atoms with E-state index in [4.69, 9.17) is 4.74 Å². The first-order chi connectivity index (χ1) is 11.8. The van der Waals surface area contributed by atoms with Gasteiger partial charge in [0.15, 0.2) is 0 Å². The second-order valence-electron chi connectivity index (χ2n) is 6.80. The van der Waals surface area contributed by atoms with Crippen LogP contribution in [-0.2, 0) is 4.74 Å². The number of esters is 1. The first-order valence-corrected chi connectivity index (χ1v) is 8.01. The van der Waals surface area contributed by atoms with Crippen LogP contribution in [0.4, 0.5) is 10.1 Å².